The minimum absolute atomic E-state index is 0.0644. The van der Waals surface area contributed by atoms with Crippen molar-refractivity contribution in [2.45, 2.75) is 32.1 Å². The Morgan fingerprint density at radius 2 is 2.33 bits per heavy atom. The summed E-state index contributed by atoms with van der Waals surface area (Å²) in [5.41, 5.74) is -0.679. The van der Waals surface area contributed by atoms with Gasteiger partial charge in [0.25, 0.3) is 0 Å². The maximum Gasteiger partial charge on any atom is 0.311 e. The van der Waals surface area contributed by atoms with Gasteiger partial charge in [0.15, 0.2) is 0 Å². The van der Waals surface area contributed by atoms with Crippen LogP contribution in [0.2, 0.25) is 5.02 Å². The Bertz CT molecular complexity index is 573. The first kappa shape index (κ1) is 14.9. The van der Waals surface area contributed by atoms with Crippen molar-refractivity contribution in [1.29, 1.82) is 0 Å². The lowest BCUT2D eigenvalue weighted by Gasteiger charge is -2.23. The van der Waals surface area contributed by atoms with Crippen LogP contribution in [-0.4, -0.2) is 35.0 Å². The third-order valence-electron chi connectivity index (χ3n) is 4.86. The summed E-state index contributed by atoms with van der Waals surface area (Å²) in [5.74, 6) is -0.532. The molecule has 3 rings (SSSR count). The van der Waals surface area contributed by atoms with E-state index in [0.717, 1.165) is 17.7 Å². The van der Waals surface area contributed by atoms with Crippen LogP contribution in [0, 0.1) is 11.3 Å². The number of hydrogen-bond donors (Lipinski definition) is 1. The molecule has 21 heavy (non-hydrogen) atoms. The number of fused-ring (bicyclic) bond motifs is 1. The number of aryl methyl sites for hydroxylation is 1. The van der Waals surface area contributed by atoms with E-state index < -0.39 is 11.4 Å². The average molecular weight is 328 g/mol. The van der Waals surface area contributed by atoms with Gasteiger partial charge in [-0.3, -0.25) is 9.59 Å². The number of rotatable bonds is 4. The molecule has 4 nitrogen and oxygen atoms in total. The van der Waals surface area contributed by atoms with Gasteiger partial charge in [-0.1, -0.05) is 18.0 Å². The lowest BCUT2D eigenvalue weighted by atomic mass is 9.81. The lowest BCUT2D eigenvalue weighted by molar-refractivity contribution is -0.149. The third kappa shape index (κ3) is 2.69. The van der Waals surface area contributed by atoms with E-state index in [-0.39, 0.29) is 11.8 Å². The Morgan fingerprint density at radius 3 is 2.95 bits per heavy atom. The molecule has 6 heteroatoms. The SMILES string of the molecule is O=C(CCc1cc(Cl)cs1)N1C[C@@H]2CCC[C@@]2(C(=O)O)C1. The van der Waals surface area contributed by atoms with Crippen molar-refractivity contribution < 1.29 is 14.7 Å². The van der Waals surface area contributed by atoms with E-state index in [0.29, 0.717) is 37.4 Å². The molecule has 1 N–H and O–H groups in total. The van der Waals surface area contributed by atoms with Gasteiger partial charge < -0.3 is 10.0 Å². The largest absolute Gasteiger partial charge is 0.481 e. The molecule has 2 aliphatic rings. The summed E-state index contributed by atoms with van der Waals surface area (Å²) in [7, 11) is 0. The molecule has 1 aromatic rings. The lowest BCUT2D eigenvalue weighted by Crippen LogP contribution is -2.37. The molecule has 2 atom stereocenters. The highest BCUT2D eigenvalue weighted by molar-refractivity contribution is 7.10. The maximum absolute atomic E-state index is 12.3. The minimum Gasteiger partial charge on any atom is -0.481 e. The Labute approximate surface area is 132 Å². The number of carbonyl (C=O) groups is 2. The summed E-state index contributed by atoms with van der Waals surface area (Å²) in [4.78, 5) is 26.8. The van der Waals surface area contributed by atoms with Crippen LogP contribution in [0.25, 0.3) is 0 Å². The van der Waals surface area contributed by atoms with Crippen molar-refractivity contribution in [1.82, 2.24) is 4.90 Å². The molecular weight excluding hydrogens is 310 g/mol. The number of aliphatic carboxylic acids is 1. The van der Waals surface area contributed by atoms with E-state index in [1.54, 1.807) is 16.2 Å². The summed E-state index contributed by atoms with van der Waals surface area (Å²) in [6, 6.07) is 1.89. The number of thiophene rings is 1. The fourth-order valence-corrected chi connectivity index (χ4v) is 4.78. The maximum atomic E-state index is 12.3. The summed E-state index contributed by atoms with van der Waals surface area (Å²) in [6.45, 7) is 0.993. The van der Waals surface area contributed by atoms with Gasteiger partial charge in [0, 0.05) is 29.8 Å². The zero-order chi connectivity index (χ0) is 15.0. The Morgan fingerprint density at radius 1 is 1.52 bits per heavy atom. The number of carboxylic acid groups (broad SMARTS) is 1. The molecule has 1 amide bonds. The van der Waals surface area contributed by atoms with Crippen molar-refractivity contribution in [2.24, 2.45) is 11.3 Å². The van der Waals surface area contributed by atoms with Crippen molar-refractivity contribution in [3.05, 3.63) is 21.3 Å². The van der Waals surface area contributed by atoms with E-state index in [4.69, 9.17) is 11.6 Å². The van der Waals surface area contributed by atoms with Crippen LogP contribution in [-0.2, 0) is 16.0 Å². The number of amides is 1. The standard InChI is InChI=1S/C15H18ClNO3S/c16-11-6-12(21-8-11)3-4-13(18)17-7-10-2-1-5-15(10,9-17)14(19)20/h6,8,10H,1-5,7,9H2,(H,19,20)/t10-,15+/m0/s1. The van der Waals surface area contributed by atoms with E-state index in [9.17, 15) is 14.7 Å². The van der Waals surface area contributed by atoms with Crippen molar-refractivity contribution in [3.63, 3.8) is 0 Å². The highest BCUT2D eigenvalue weighted by Crippen LogP contribution is 2.49. The van der Waals surface area contributed by atoms with E-state index in [1.165, 1.54) is 0 Å². The number of likely N-dealkylation sites (tertiary alicyclic amines) is 1. The van der Waals surface area contributed by atoms with Crippen molar-refractivity contribution >= 4 is 34.8 Å². The summed E-state index contributed by atoms with van der Waals surface area (Å²) >= 11 is 7.43. The van der Waals surface area contributed by atoms with E-state index >= 15 is 0 Å². The molecule has 0 aromatic carbocycles. The Balaban J connectivity index is 1.61. The first-order valence-electron chi connectivity index (χ1n) is 7.25. The first-order chi connectivity index (χ1) is 10.0. The van der Waals surface area contributed by atoms with Crippen molar-refractivity contribution in [2.75, 3.05) is 13.1 Å². The van der Waals surface area contributed by atoms with Crippen LogP contribution in [0.1, 0.15) is 30.6 Å². The van der Waals surface area contributed by atoms with Gasteiger partial charge in [0.05, 0.1) is 10.4 Å². The highest BCUT2D eigenvalue weighted by atomic mass is 35.5. The fraction of sp³-hybridized carbons (Fsp3) is 0.600. The predicted molar refractivity (Wildman–Crippen MR) is 81.6 cm³/mol. The van der Waals surface area contributed by atoms with Gasteiger partial charge in [-0.2, -0.15) is 0 Å². The summed E-state index contributed by atoms with van der Waals surface area (Å²) < 4.78 is 0. The molecule has 1 saturated heterocycles. The molecule has 1 saturated carbocycles. The van der Waals surface area contributed by atoms with Crippen LogP contribution in [0.15, 0.2) is 11.4 Å². The third-order valence-corrected chi connectivity index (χ3v) is 6.20. The Hall–Kier alpha value is -1.07. The molecule has 0 bridgehead atoms. The summed E-state index contributed by atoms with van der Waals surface area (Å²) in [6.07, 6.45) is 3.71. The zero-order valence-corrected chi connectivity index (χ0v) is 13.3. The van der Waals surface area contributed by atoms with Gasteiger partial charge in [-0.15, -0.1) is 11.3 Å². The molecule has 0 spiro atoms. The quantitative estimate of drug-likeness (QED) is 0.924. The van der Waals surface area contributed by atoms with Gasteiger partial charge >= 0.3 is 5.97 Å². The van der Waals surface area contributed by atoms with Gasteiger partial charge in [-0.25, -0.2) is 0 Å². The second-order valence-corrected chi connectivity index (χ2v) is 7.49. The second-order valence-electron chi connectivity index (χ2n) is 6.06. The number of hydrogen-bond acceptors (Lipinski definition) is 3. The number of carbonyl (C=O) groups excluding carboxylic acids is 1. The van der Waals surface area contributed by atoms with Crippen molar-refractivity contribution in [3.8, 4) is 0 Å². The molecule has 2 fully saturated rings. The van der Waals surface area contributed by atoms with E-state index in [2.05, 4.69) is 0 Å². The number of carboxylic acids is 1. The van der Waals surface area contributed by atoms with E-state index in [1.807, 2.05) is 11.4 Å². The first-order valence-corrected chi connectivity index (χ1v) is 8.51. The van der Waals surface area contributed by atoms with Gasteiger partial charge in [0.2, 0.25) is 5.91 Å². The highest BCUT2D eigenvalue weighted by Gasteiger charge is 2.55. The fourth-order valence-electron chi connectivity index (χ4n) is 3.70. The molecule has 0 radical (unpaired) electrons. The predicted octanol–water partition coefficient (Wildman–Crippen LogP) is 3.05. The number of halogens is 1. The molecule has 2 heterocycles. The minimum atomic E-state index is -0.731. The molecule has 114 valence electrons. The van der Waals surface area contributed by atoms with Crippen LogP contribution < -0.4 is 0 Å². The monoisotopic (exact) mass is 327 g/mol. The number of nitrogens with zero attached hydrogens (tertiary/aromatic N) is 1. The molecule has 1 aromatic heterocycles. The average Bonchev–Trinajstić information content (AvgIpc) is 3.09. The van der Waals surface area contributed by atoms with Gasteiger partial charge in [-0.05, 0) is 31.2 Å². The molecular formula is C15H18ClNO3S. The van der Waals surface area contributed by atoms with Crippen LogP contribution in [0.4, 0.5) is 0 Å². The second kappa shape index (κ2) is 5.61. The van der Waals surface area contributed by atoms with Crippen LogP contribution >= 0.6 is 22.9 Å². The molecule has 1 aliphatic heterocycles. The zero-order valence-electron chi connectivity index (χ0n) is 11.7. The normalized spacial score (nSPS) is 27.9. The topological polar surface area (TPSA) is 57.6 Å². The van der Waals surface area contributed by atoms with Crippen LogP contribution in [0.3, 0.4) is 0 Å². The summed E-state index contributed by atoms with van der Waals surface area (Å²) in [5, 5.41) is 12.1. The Kier molecular flexibility index (Phi) is 3.97. The molecule has 0 unspecified atom stereocenters. The van der Waals surface area contributed by atoms with Gasteiger partial charge in [0.1, 0.15) is 0 Å². The van der Waals surface area contributed by atoms with Crippen LogP contribution in [0.5, 0.6) is 0 Å². The smallest absolute Gasteiger partial charge is 0.311 e. The molecule has 1 aliphatic carbocycles.